The molecule has 21 heavy (non-hydrogen) atoms. The first kappa shape index (κ1) is 20.5. The Kier molecular flexibility index (Phi) is 15.5. The van der Waals surface area contributed by atoms with Crippen molar-refractivity contribution in [1.29, 1.82) is 0 Å². The molecule has 126 valence electrons. The Morgan fingerprint density at radius 3 is 1.67 bits per heavy atom. The highest BCUT2D eigenvalue weighted by molar-refractivity contribution is 5.66. The summed E-state index contributed by atoms with van der Waals surface area (Å²) in [5.74, 6) is 0.251. The minimum atomic E-state index is -0.654. The third-order valence-electron chi connectivity index (χ3n) is 4.39. The van der Waals surface area contributed by atoms with E-state index in [4.69, 9.17) is 5.11 Å². The molecule has 1 atom stereocenters. The summed E-state index contributed by atoms with van der Waals surface area (Å²) in [5, 5.41) is 8.54. The van der Waals surface area contributed by atoms with Crippen molar-refractivity contribution in [2.45, 2.75) is 110 Å². The molecule has 2 nitrogen and oxygen atoms in total. The van der Waals surface area contributed by atoms with Gasteiger partial charge in [-0.2, -0.15) is 0 Å². The van der Waals surface area contributed by atoms with Crippen molar-refractivity contribution >= 4 is 5.97 Å². The molecule has 0 aliphatic heterocycles. The Bertz CT molecular complexity index is 226. The molecule has 1 N–H and O–H groups in total. The average Bonchev–Trinajstić information content (AvgIpc) is 2.45. The van der Waals surface area contributed by atoms with Crippen molar-refractivity contribution in [3.8, 4) is 0 Å². The van der Waals surface area contributed by atoms with Gasteiger partial charge in [0.1, 0.15) is 0 Å². The van der Waals surface area contributed by atoms with Crippen LogP contribution in [0.2, 0.25) is 0 Å². The van der Waals surface area contributed by atoms with Crippen LogP contribution in [-0.2, 0) is 4.79 Å². The highest BCUT2D eigenvalue weighted by Crippen LogP contribution is 2.18. The molecule has 2 heteroatoms. The second kappa shape index (κ2) is 15.9. The Hall–Kier alpha value is -0.530. The minimum Gasteiger partial charge on any atom is -0.481 e. The third-order valence-corrected chi connectivity index (χ3v) is 4.39. The number of unbranched alkanes of at least 4 members (excludes halogenated alkanes) is 10. The molecule has 0 radical (unpaired) electrons. The first-order valence-electron chi connectivity index (χ1n) is 9.38. The van der Waals surface area contributed by atoms with Gasteiger partial charge in [0, 0.05) is 6.42 Å². The molecule has 0 spiro atoms. The van der Waals surface area contributed by atoms with Crippen LogP contribution in [0, 0.1) is 5.92 Å². The van der Waals surface area contributed by atoms with E-state index >= 15 is 0 Å². The maximum Gasteiger partial charge on any atom is 0.303 e. The number of hydrogen-bond donors (Lipinski definition) is 1. The Balaban J connectivity index is 3.14. The lowest BCUT2D eigenvalue weighted by Gasteiger charge is -2.10. The van der Waals surface area contributed by atoms with Crippen molar-refractivity contribution in [2.75, 3.05) is 0 Å². The smallest absolute Gasteiger partial charge is 0.303 e. The van der Waals surface area contributed by atoms with Crippen LogP contribution in [0.4, 0.5) is 0 Å². The van der Waals surface area contributed by atoms with E-state index in [1.54, 1.807) is 0 Å². The third kappa shape index (κ3) is 17.4. The lowest BCUT2D eigenvalue weighted by molar-refractivity contribution is -0.137. The summed E-state index contributed by atoms with van der Waals surface area (Å²) in [6, 6.07) is 0. The van der Waals surface area contributed by atoms with E-state index in [0.717, 1.165) is 18.8 Å². The highest BCUT2D eigenvalue weighted by Gasteiger charge is 2.02. The summed E-state index contributed by atoms with van der Waals surface area (Å²) in [4.78, 5) is 10.4. The van der Waals surface area contributed by atoms with Gasteiger partial charge in [-0.3, -0.25) is 4.79 Å². The summed E-state index contributed by atoms with van der Waals surface area (Å²) >= 11 is 0. The maximum atomic E-state index is 10.4. The molecule has 0 saturated heterocycles. The molecule has 0 aromatic rings. The van der Waals surface area contributed by atoms with Gasteiger partial charge in [0.05, 0.1) is 0 Å². The standard InChI is InChI=1S/C19H38O2/c1-3-4-5-9-12-15-18(2)16-13-10-7-6-8-11-14-17-19(20)21/h18H,3-17H2,1-2H3,(H,20,21). The first-order valence-corrected chi connectivity index (χ1v) is 9.38. The second-order valence-electron chi connectivity index (χ2n) is 6.72. The zero-order valence-corrected chi connectivity index (χ0v) is 14.5. The molecule has 0 rings (SSSR count). The minimum absolute atomic E-state index is 0.343. The van der Waals surface area contributed by atoms with Gasteiger partial charge in [0.2, 0.25) is 0 Å². The Morgan fingerprint density at radius 2 is 1.19 bits per heavy atom. The quantitative estimate of drug-likeness (QED) is 0.327. The predicted molar refractivity (Wildman–Crippen MR) is 91.7 cm³/mol. The molecule has 0 aliphatic rings. The van der Waals surface area contributed by atoms with Gasteiger partial charge in [-0.25, -0.2) is 0 Å². The predicted octanol–water partition coefficient (Wildman–Crippen LogP) is 6.58. The normalized spacial score (nSPS) is 12.5. The van der Waals surface area contributed by atoms with Crippen LogP contribution in [0.25, 0.3) is 0 Å². The van der Waals surface area contributed by atoms with Gasteiger partial charge in [0.25, 0.3) is 0 Å². The molecule has 1 unspecified atom stereocenters. The lowest BCUT2D eigenvalue weighted by Crippen LogP contribution is -1.95. The van der Waals surface area contributed by atoms with E-state index < -0.39 is 5.97 Å². The van der Waals surface area contributed by atoms with Gasteiger partial charge >= 0.3 is 5.97 Å². The van der Waals surface area contributed by atoms with E-state index in [9.17, 15) is 4.79 Å². The monoisotopic (exact) mass is 298 g/mol. The molecule has 0 heterocycles. The number of carboxylic acids is 1. The van der Waals surface area contributed by atoms with Gasteiger partial charge in [-0.05, 0) is 12.3 Å². The largest absolute Gasteiger partial charge is 0.481 e. The zero-order chi connectivity index (χ0) is 15.8. The van der Waals surface area contributed by atoms with Crippen molar-refractivity contribution in [3.63, 3.8) is 0 Å². The molecule has 0 aromatic heterocycles. The van der Waals surface area contributed by atoms with Crippen molar-refractivity contribution in [2.24, 2.45) is 5.92 Å². The first-order chi connectivity index (χ1) is 10.2. The number of hydrogen-bond acceptors (Lipinski definition) is 1. The fourth-order valence-electron chi connectivity index (χ4n) is 2.89. The molecular weight excluding hydrogens is 260 g/mol. The SMILES string of the molecule is CCCCCCCC(C)CCCCCCCCCC(=O)O. The Labute approximate surface area is 132 Å². The highest BCUT2D eigenvalue weighted by atomic mass is 16.4. The summed E-state index contributed by atoms with van der Waals surface area (Å²) < 4.78 is 0. The molecule has 0 saturated carbocycles. The van der Waals surface area contributed by atoms with Crippen LogP contribution in [0.1, 0.15) is 110 Å². The summed E-state index contributed by atoms with van der Waals surface area (Å²) in [7, 11) is 0. The van der Waals surface area contributed by atoms with Crippen molar-refractivity contribution in [3.05, 3.63) is 0 Å². The Morgan fingerprint density at radius 1 is 0.762 bits per heavy atom. The van der Waals surface area contributed by atoms with Crippen molar-refractivity contribution in [1.82, 2.24) is 0 Å². The van der Waals surface area contributed by atoms with Gasteiger partial charge in [0.15, 0.2) is 0 Å². The fraction of sp³-hybridized carbons (Fsp3) is 0.947. The molecule has 0 aromatic carbocycles. The van der Waals surface area contributed by atoms with Gasteiger partial charge in [-0.1, -0.05) is 97.3 Å². The van der Waals surface area contributed by atoms with E-state index in [-0.39, 0.29) is 0 Å². The second-order valence-corrected chi connectivity index (χ2v) is 6.72. The lowest BCUT2D eigenvalue weighted by atomic mass is 9.96. The fourth-order valence-corrected chi connectivity index (χ4v) is 2.89. The summed E-state index contributed by atoms with van der Waals surface area (Å²) in [6.07, 6.45) is 18.7. The van der Waals surface area contributed by atoms with Crippen LogP contribution < -0.4 is 0 Å². The average molecular weight is 299 g/mol. The van der Waals surface area contributed by atoms with Crippen LogP contribution >= 0.6 is 0 Å². The molecular formula is C19H38O2. The van der Waals surface area contributed by atoms with Gasteiger partial charge < -0.3 is 5.11 Å². The van der Waals surface area contributed by atoms with Crippen LogP contribution in [0.5, 0.6) is 0 Å². The maximum absolute atomic E-state index is 10.4. The van der Waals surface area contributed by atoms with Crippen LogP contribution in [0.3, 0.4) is 0 Å². The van der Waals surface area contributed by atoms with E-state index in [2.05, 4.69) is 13.8 Å². The molecule has 0 bridgehead atoms. The molecule has 0 aliphatic carbocycles. The van der Waals surface area contributed by atoms with Crippen molar-refractivity contribution < 1.29 is 9.90 Å². The molecule has 0 fully saturated rings. The van der Waals surface area contributed by atoms with Crippen LogP contribution in [0.15, 0.2) is 0 Å². The van der Waals surface area contributed by atoms with E-state index in [1.807, 2.05) is 0 Å². The van der Waals surface area contributed by atoms with E-state index in [1.165, 1.54) is 77.0 Å². The molecule has 0 amide bonds. The number of aliphatic carboxylic acids is 1. The number of rotatable bonds is 16. The zero-order valence-electron chi connectivity index (χ0n) is 14.5. The number of carboxylic acid groups (broad SMARTS) is 1. The van der Waals surface area contributed by atoms with Gasteiger partial charge in [-0.15, -0.1) is 0 Å². The van der Waals surface area contributed by atoms with E-state index in [0.29, 0.717) is 6.42 Å². The topological polar surface area (TPSA) is 37.3 Å². The summed E-state index contributed by atoms with van der Waals surface area (Å²) in [5.41, 5.74) is 0. The van der Waals surface area contributed by atoms with Crippen LogP contribution in [-0.4, -0.2) is 11.1 Å². The summed E-state index contributed by atoms with van der Waals surface area (Å²) in [6.45, 7) is 4.68. The number of carbonyl (C=O) groups is 1.